The van der Waals surface area contributed by atoms with Crippen LogP contribution in [0, 0.1) is 0 Å². The molecule has 94 valence electrons. The van der Waals surface area contributed by atoms with Crippen LogP contribution < -0.4 is 14.2 Å². The lowest BCUT2D eigenvalue weighted by molar-refractivity contribution is 0.324. The van der Waals surface area contributed by atoms with E-state index in [9.17, 15) is 0 Å². The fourth-order valence-electron chi connectivity index (χ4n) is 1.47. The van der Waals surface area contributed by atoms with Crippen LogP contribution in [0.15, 0.2) is 17.1 Å². The molecule has 0 aliphatic carbocycles. The Kier molecular flexibility index (Phi) is 5.33. The summed E-state index contributed by atoms with van der Waals surface area (Å²) in [5.74, 6) is 1.89. The Morgan fingerprint density at radius 1 is 1.06 bits per heavy atom. The lowest BCUT2D eigenvalue weighted by Gasteiger charge is -2.12. The summed E-state index contributed by atoms with van der Waals surface area (Å²) >= 11 is 0. The molecule has 0 saturated heterocycles. The summed E-state index contributed by atoms with van der Waals surface area (Å²) in [5, 5.41) is 0. The number of rotatable bonds is 6. The third-order valence-electron chi connectivity index (χ3n) is 2.28. The van der Waals surface area contributed by atoms with Gasteiger partial charge in [-0.15, -0.1) is 0 Å². The Bertz CT molecular complexity index is 363. The molecule has 0 atom stereocenters. The van der Waals surface area contributed by atoms with Gasteiger partial charge in [0.2, 0.25) is 5.75 Å². The van der Waals surface area contributed by atoms with Crippen LogP contribution >= 0.6 is 0 Å². The molecule has 4 heteroatoms. The van der Waals surface area contributed by atoms with Gasteiger partial charge in [0.25, 0.3) is 0 Å². The first kappa shape index (κ1) is 13.4. The summed E-state index contributed by atoms with van der Waals surface area (Å²) in [4.78, 5) is 4.29. The number of ether oxygens (including phenoxy) is 3. The van der Waals surface area contributed by atoms with Gasteiger partial charge in [0.15, 0.2) is 11.5 Å². The topological polar surface area (TPSA) is 40.0 Å². The molecule has 0 unspecified atom stereocenters. The first-order valence-electron chi connectivity index (χ1n) is 5.56. The highest BCUT2D eigenvalue weighted by Gasteiger charge is 2.11. The first-order valence-corrected chi connectivity index (χ1v) is 5.56. The summed E-state index contributed by atoms with van der Waals surface area (Å²) in [6, 6.07) is 3.75. The smallest absolute Gasteiger partial charge is 0.203 e. The second kappa shape index (κ2) is 6.78. The van der Waals surface area contributed by atoms with Crippen molar-refractivity contribution in [1.82, 2.24) is 0 Å². The van der Waals surface area contributed by atoms with Gasteiger partial charge in [0.05, 0.1) is 21.3 Å². The average Bonchev–Trinajstić information content (AvgIpc) is 2.37. The minimum absolute atomic E-state index is 0.600. The molecule has 0 saturated carbocycles. The number of hydrogen-bond donors (Lipinski definition) is 0. The Hall–Kier alpha value is -1.71. The fourth-order valence-corrected chi connectivity index (χ4v) is 1.47. The molecule has 0 fully saturated rings. The molecule has 0 radical (unpaired) electrons. The van der Waals surface area contributed by atoms with E-state index in [1.165, 1.54) is 0 Å². The average molecular weight is 237 g/mol. The number of methoxy groups -OCH3 is 3. The highest BCUT2D eigenvalue weighted by atomic mass is 16.5. The quantitative estimate of drug-likeness (QED) is 0.714. The van der Waals surface area contributed by atoms with E-state index in [1.54, 1.807) is 21.3 Å². The Morgan fingerprint density at radius 3 is 2.06 bits per heavy atom. The highest BCUT2D eigenvalue weighted by Crippen LogP contribution is 2.37. The van der Waals surface area contributed by atoms with Crippen molar-refractivity contribution in [1.29, 1.82) is 0 Å². The Labute approximate surface area is 102 Å². The van der Waals surface area contributed by atoms with Crippen LogP contribution in [0.3, 0.4) is 0 Å². The van der Waals surface area contributed by atoms with Gasteiger partial charge in [-0.3, -0.25) is 4.99 Å². The van der Waals surface area contributed by atoms with Crippen LogP contribution in [0.25, 0.3) is 0 Å². The molecule has 1 aromatic rings. The molecule has 4 nitrogen and oxygen atoms in total. The monoisotopic (exact) mass is 237 g/mol. The maximum absolute atomic E-state index is 5.26. The Morgan fingerprint density at radius 2 is 1.65 bits per heavy atom. The molecule has 0 aliphatic rings. The van der Waals surface area contributed by atoms with Crippen molar-refractivity contribution in [2.45, 2.75) is 13.3 Å². The lowest BCUT2D eigenvalue weighted by Crippen LogP contribution is -1.97. The number of benzene rings is 1. The third kappa shape index (κ3) is 3.37. The van der Waals surface area contributed by atoms with E-state index >= 15 is 0 Å². The van der Waals surface area contributed by atoms with Gasteiger partial charge in [-0.1, -0.05) is 6.92 Å². The number of aliphatic imine (C=N–C) groups is 1. The zero-order chi connectivity index (χ0) is 12.7. The number of hydrogen-bond acceptors (Lipinski definition) is 4. The van der Waals surface area contributed by atoms with Crippen LogP contribution in [0.1, 0.15) is 18.9 Å². The zero-order valence-electron chi connectivity index (χ0n) is 10.8. The minimum Gasteiger partial charge on any atom is -0.493 e. The molecule has 0 aromatic heterocycles. The predicted octanol–water partition coefficient (Wildman–Crippen LogP) is 2.54. The van der Waals surface area contributed by atoms with Crippen molar-refractivity contribution in [3.8, 4) is 17.2 Å². The normalized spacial score (nSPS) is 10.6. The van der Waals surface area contributed by atoms with Crippen LogP contribution in [-0.4, -0.2) is 34.1 Å². The van der Waals surface area contributed by atoms with Crippen molar-refractivity contribution >= 4 is 6.21 Å². The van der Waals surface area contributed by atoms with Gasteiger partial charge in [0, 0.05) is 12.8 Å². The third-order valence-corrected chi connectivity index (χ3v) is 2.28. The van der Waals surface area contributed by atoms with Gasteiger partial charge < -0.3 is 14.2 Å². The largest absolute Gasteiger partial charge is 0.493 e. The predicted molar refractivity (Wildman–Crippen MR) is 68.9 cm³/mol. The standard InChI is InChI=1S/C13H19NO3/c1-5-6-14-9-10-7-11(15-2)13(17-4)12(8-10)16-3/h7-9H,5-6H2,1-4H3. The van der Waals surface area contributed by atoms with E-state index in [2.05, 4.69) is 11.9 Å². The van der Waals surface area contributed by atoms with Crippen LogP contribution in [0.4, 0.5) is 0 Å². The van der Waals surface area contributed by atoms with Crippen molar-refractivity contribution < 1.29 is 14.2 Å². The molecule has 1 rings (SSSR count). The molecule has 0 aliphatic heterocycles. The van der Waals surface area contributed by atoms with Gasteiger partial charge in [-0.05, 0) is 24.1 Å². The van der Waals surface area contributed by atoms with E-state index in [0.29, 0.717) is 17.2 Å². The summed E-state index contributed by atoms with van der Waals surface area (Å²) in [6.45, 7) is 2.91. The van der Waals surface area contributed by atoms with Gasteiger partial charge >= 0.3 is 0 Å². The van der Waals surface area contributed by atoms with Crippen molar-refractivity contribution in [2.24, 2.45) is 4.99 Å². The van der Waals surface area contributed by atoms with E-state index < -0.39 is 0 Å². The molecular formula is C13H19NO3. The molecule has 0 bridgehead atoms. The summed E-state index contributed by atoms with van der Waals surface area (Å²) in [7, 11) is 4.79. The highest BCUT2D eigenvalue weighted by molar-refractivity contribution is 5.82. The second-order valence-corrected chi connectivity index (χ2v) is 3.49. The Balaban J connectivity index is 3.08. The fraction of sp³-hybridized carbons (Fsp3) is 0.462. The molecule has 0 N–H and O–H groups in total. The molecule has 0 spiro atoms. The molecule has 0 heterocycles. The van der Waals surface area contributed by atoms with Gasteiger partial charge in [-0.25, -0.2) is 0 Å². The zero-order valence-corrected chi connectivity index (χ0v) is 10.8. The summed E-state index contributed by atoms with van der Waals surface area (Å²) in [6.07, 6.45) is 2.84. The maximum Gasteiger partial charge on any atom is 0.203 e. The van der Waals surface area contributed by atoms with Crippen molar-refractivity contribution in [2.75, 3.05) is 27.9 Å². The van der Waals surface area contributed by atoms with Crippen molar-refractivity contribution in [3.63, 3.8) is 0 Å². The van der Waals surface area contributed by atoms with E-state index in [0.717, 1.165) is 18.5 Å². The molecular weight excluding hydrogens is 218 g/mol. The summed E-state index contributed by atoms with van der Waals surface area (Å²) in [5.41, 5.74) is 0.938. The molecule has 17 heavy (non-hydrogen) atoms. The van der Waals surface area contributed by atoms with Crippen LogP contribution in [0.2, 0.25) is 0 Å². The SMILES string of the molecule is CCCN=Cc1cc(OC)c(OC)c(OC)c1. The van der Waals surface area contributed by atoms with E-state index in [-0.39, 0.29) is 0 Å². The molecule has 1 aromatic carbocycles. The van der Waals surface area contributed by atoms with Crippen LogP contribution in [-0.2, 0) is 0 Å². The van der Waals surface area contributed by atoms with Crippen LogP contribution in [0.5, 0.6) is 17.2 Å². The van der Waals surface area contributed by atoms with E-state index in [4.69, 9.17) is 14.2 Å². The summed E-state index contributed by atoms with van der Waals surface area (Å²) < 4.78 is 15.8. The van der Waals surface area contributed by atoms with Gasteiger partial charge in [-0.2, -0.15) is 0 Å². The minimum atomic E-state index is 0.600. The van der Waals surface area contributed by atoms with Crippen molar-refractivity contribution in [3.05, 3.63) is 17.7 Å². The molecule has 0 amide bonds. The number of nitrogens with zero attached hydrogens (tertiary/aromatic N) is 1. The van der Waals surface area contributed by atoms with E-state index in [1.807, 2.05) is 18.3 Å². The van der Waals surface area contributed by atoms with Gasteiger partial charge in [0.1, 0.15) is 0 Å². The maximum atomic E-state index is 5.26. The second-order valence-electron chi connectivity index (χ2n) is 3.49. The first-order chi connectivity index (χ1) is 8.26. The lowest BCUT2D eigenvalue weighted by atomic mass is 10.2.